The third-order valence-corrected chi connectivity index (χ3v) is 5.52. The quantitative estimate of drug-likeness (QED) is 0.909. The fourth-order valence-electron chi connectivity index (χ4n) is 2.19. The summed E-state index contributed by atoms with van der Waals surface area (Å²) in [7, 11) is -3.59. The summed E-state index contributed by atoms with van der Waals surface area (Å²) in [5.74, 6) is 0. The highest BCUT2D eigenvalue weighted by Crippen LogP contribution is 2.24. The average molecular weight is 342 g/mol. The number of halogens is 1. The van der Waals surface area contributed by atoms with Gasteiger partial charge < -0.3 is 0 Å². The van der Waals surface area contributed by atoms with Crippen molar-refractivity contribution >= 4 is 21.6 Å². The van der Waals surface area contributed by atoms with Crippen molar-refractivity contribution in [3.63, 3.8) is 0 Å². The topological polar surface area (TPSA) is 64.0 Å². The maximum absolute atomic E-state index is 12.5. The summed E-state index contributed by atoms with van der Waals surface area (Å²) < 4.78 is 29.4. The van der Waals surface area contributed by atoms with E-state index in [1.165, 1.54) is 0 Å². The van der Waals surface area contributed by atoms with Gasteiger partial charge in [0.1, 0.15) is 0 Å². The van der Waals surface area contributed by atoms with Crippen LogP contribution in [0.5, 0.6) is 0 Å². The molecule has 5 nitrogen and oxygen atoms in total. The fourth-order valence-corrected chi connectivity index (χ4v) is 3.72. The molecule has 2 aromatic rings. The zero-order valence-electron chi connectivity index (χ0n) is 13.1. The zero-order chi connectivity index (χ0) is 16.5. The molecule has 7 heteroatoms. The summed E-state index contributed by atoms with van der Waals surface area (Å²) in [4.78, 5) is 0.259. The fraction of sp³-hybridized carbons (Fsp3) is 0.400. The van der Waals surface area contributed by atoms with Crippen molar-refractivity contribution in [1.82, 2.24) is 14.5 Å². The molecule has 2 rings (SSSR count). The van der Waals surface area contributed by atoms with Crippen molar-refractivity contribution in [2.75, 3.05) is 0 Å². The number of rotatable bonds is 5. The highest BCUT2D eigenvalue weighted by molar-refractivity contribution is 7.89. The van der Waals surface area contributed by atoms with Crippen LogP contribution in [-0.4, -0.2) is 18.2 Å². The number of nitrogens with zero attached hydrogens (tertiary/aromatic N) is 2. The molecular formula is C15H20ClN3O2S. The Morgan fingerprint density at radius 2 is 1.91 bits per heavy atom. The Balaban J connectivity index is 2.24. The van der Waals surface area contributed by atoms with Crippen LogP contribution < -0.4 is 4.72 Å². The van der Waals surface area contributed by atoms with Gasteiger partial charge in [0.2, 0.25) is 10.0 Å². The van der Waals surface area contributed by atoms with E-state index >= 15 is 0 Å². The summed E-state index contributed by atoms with van der Waals surface area (Å²) in [6.07, 6.45) is 1.86. The van der Waals surface area contributed by atoms with Crippen LogP contribution in [0.4, 0.5) is 0 Å². The normalized spacial score (nSPS) is 11.9. The molecule has 0 saturated carbocycles. The van der Waals surface area contributed by atoms with Crippen LogP contribution in [-0.2, 0) is 23.1 Å². The Labute approximate surface area is 136 Å². The molecule has 1 N–H and O–H groups in total. The van der Waals surface area contributed by atoms with Gasteiger partial charge >= 0.3 is 0 Å². The van der Waals surface area contributed by atoms with Gasteiger partial charge in [-0.15, -0.1) is 0 Å². The van der Waals surface area contributed by atoms with Crippen LogP contribution in [0.3, 0.4) is 0 Å². The number of aryl methyl sites for hydroxylation is 4. The molecule has 1 heterocycles. The maximum Gasteiger partial charge on any atom is 0.241 e. The lowest BCUT2D eigenvalue weighted by Crippen LogP contribution is -2.24. The second-order valence-corrected chi connectivity index (χ2v) is 7.43. The minimum absolute atomic E-state index is 0.218. The van der Waals surface area contributed by atoms with Crippen LogP contribution in [0.25, 0.3) is 0 Å². The molecule has 0 saturated heterocycles. The molecule has 0 aliphatic heterocycles. The lowest BCUT2D eigenvalue weighted by Gasteiger charge is -2.11. The van der Waals surface area contributed by atoms with E-state index < -0.39 is 10.0 Å². The first-order valence-corrected chi connectivity index (χ1v) is 8.90. The molecule has 0 aliphatic rings. The zero-order valence-corrected chi connectivity index (χ0v) is 14.7. The van der Waals surface area contributed by atoms with E-state index in [0.717, 1.165) is 23.4 Å². The van der Waals surface area contributed by atoms with Gasteiger partial charge in [0.15, 0.2) is 0 Å². The second kappa shape index (κ2) is 6.40. The van der Waals surface area contributed by atoms with Crippen molar-refractivity contribution in [3.8, 4) is 0 Å². The number of sulfonamides is 1. The predicted molar refractivity (Wildman–Crippen MR) is 87.6 cm³/mol. The molecular weight excluding hydrogens is 322 g/mol. The van der Waals surface area contributed by atoms with Crippen molar-refractivity contribution in [2.45, 2.75) is 45.7 Å². The molecule has 0 aliphatic carbocycles. The van der Waals surface area contributed by atoms with Crippen molar-refractivity contribution in [1.29, 1.82) is 0 Å². The number of hydrogen-bond acceptors (Lipinski definition) is 3. The summed E-state index contributed by atoms with van der Waals surface area (Å²) >= 11 is 6.02. The van der Waals surface area contributed by atoms with Crippen LogP contribution in [0.2, 0.25) is 5.02 Å². The number of benzene rings is 1. The van der Waals surface area contributed by atoms with Gasteiger partial charge in [-0.25, -0.2) is 13.1 Å². The smallest absolute Gasteiger partial charge is 0.241 e. The first kappa shape index (κ1) is 17.0. The van der Waals surface area contributed by atoms with Gasteiger partial charge in [0.05, 0.1) is 10.6 Å². The third-order valence-electron chi connectivity index (χ3n) is 3.57. The lowest BCUT2D eigenvalue weighted by atomic mass is 10.2. The first-order valence-electron chi connectivity index (χ1n) is 7.04. The van der Waals surface area contributed by atoms with E-state index in [4.69, 9.17) is 11.6 Å². The van der Waals surface area contributed by atoms with Crippen molar-refractivity contribution < 1.29 is 8.42 Å². The van der Waals surface area contributed by atoms with Crippen LogP contribution in [0.1, 0.15) is 29.3 Å². The minimum atomic E-state index is -3.59. The molecule has 0 bridgehead atoms. The van der Waals surface area contributed by atoms with Gasteiger partial charge in [-0.3, -0.25) is 4.68 Å². The molecule has 120 valence electrons. The van der Waals surface area contributed by atoms with E-state index in [1.54, 1.807) is 30.7 Å². The Morgan fingerprint density at radius 3 is 2.50 bits per heavy atom. The summed E-state index contributed by atoms with van der Waals surface area (Å²) in [5.41, 5.74) is 3.06. The Bertz CT molecular complexity index is 797. The lowest BCUT2D eigenvalue weighted by molar-refractivity contribution is 0.580. The van der Waals surface area contributed by atoms with Crippen molar-refractivity contribution in [2.24, 2.45) is 0 Å². The van der Waals surface area contributed by atoms with Gasteiger partial charge in [0.25, 0.3) is 0 Å². The van der Waals surface area contributed by atoms with Gasteiger partial charge in [-0.2, -0.15) is 5.10 Å². The number of hydrogen-bond donors (Lipinski definition) is 1. The summed E-state index contributed by atoms with van der Waals surface area (Å²) in [6.45, 7) is 8.35. The predicted octanol–water partition coefficient (Wildman–Crippen LogP) is 2.96. The first-order chi connectivity index (χ1) is 10.2. The maximum atomic E-state index is 12.5. The Morgan fingerprint density at radius 1 is 1.23 bits per heavy atom. The van der Waals surface area contributed by atoms with E-state index in [0.29, 0.717) is 10.6 Å². The molecule has 22 heavy (non-hydrogen) atoms. The second-order valence-electron chi connectivity index (χ2n) is 5.29. The largest absolute Gasteiger partial charge is 0.272 e. The SMILES string of the molecule is CCn1cc(CNS(=O)(=O)c2cc(C)c(Cl)cc2C)c(C)n1. The highest BCUT2D eigenvalue weighted by Gasteiger charge is 2.18. The molecule has 1 aromatic carbocycles. The number of nitrogens with one attached hydrogen (secondary N) is 1. The molecule has 0 fully saturated rings. The molecule has 1 aromatic heterocycles. The average Bonchev–Trinajstić information content (AvgIpc) is 2.81. The van der Waals surface area contributed by atoms with E-state index in [-0.39, 0.29) is 11.4 Å². The Kier molecular flexibility index (Phi) is 4.94. The molecule has 0 unspecified atom stereocenters. The van der Waals surface area contributed by atoms with E-state index in [1.807, 2.05) is 20.0 Å². The standard InChI is InChI=1S/C15H20ClN3O2S/c1-5-19-9-13(12(4)18-19)8-17-22(20,21)15-7-10(2)14(16)6-11(15)3/h6-7,9,17H,5,8H2,1-4H3. The Hall–Kier alpha value is -1.37. The van der Waals surface area contributed by atoms with Gasteiger partial charge in [-0.05, 0) is 51.0 Å². The van der Waals surface area contributed by atoms with Crippen LogP contribution in [0.15, 0.2) is 23.2 Å². The van der Waals surface area contributed by atoms with E-state index in [9.17, 15) is 8.42 Å². The molecule has 0 atom stereocenters. The minimum Gasteiger partial charge on any atom is -0.272 e. The van der Waals surface area contributed by atoms with Crippen LogP contribution >= 0.6 is 11.6 Å². The molecule has 0 radical (unpaired) electrons. The van der Waals surface area contributed by atoms with Crippen molar-refractivity contribution in [3.05, 3.63) is 45.7 Å². The monoisotopic (exact) mass is 341 g/mol. The molecule has 0 spiro atoms. The summed E-state index contributed by atoms with van der Waals surface area (Å²) in [6, 6.07) is 3.27. The summed E-state index contributed by atoms with van der Waals surface area (Å²) in [5, 5.41) is 4.88. The van der Waals surface area contributed by atoms with Gasteiger partial charge in [-0.1, -0.05) is 11.6 Å². The van der Waals surface area contributed by atoms with Crippen LogP contribution in [0, 0.1) is 20.8 Å². The molecule has 0 amide bonds. The van der Waals surface area contributed by atoms with Gasteiger partial charge in [0, 0.05) is 29.9 Å². The highest BCUT2D eigenvalue weighted by atomic mass is 35.5. The third kappa shape index (κ3) is 3.51. The van der Waals surface area contributed by atoms with E-state index in [2.05, 4.69) is 9.82 Å². The number of aromatic nitrogens is 2.